The fraction of sp³-hybridized carbons (Fsp3) is 0.650. The Morgan fingerprint density at radius 3 is 2.74 bits per heavy atom. The van der Waals surface area contributed by atoms with Crippen molar-refractivity contribution in [3.63, 3.8) is 0 Å². The van der Waals surface area contributed by atoms with Crippen LogP contribution in [0.15, 0.2) is 35.5 Å². The monoisotopic (exact) mass is 316 g/mol. The van der Waals surface area contributed by atoms with Gasteiger partial charge in [-0.3, -0.25) is 0 Å². The van der Waals surface area contributed by atoms with Gasteiger partial charge < -0.3 is 9.47 Å². The molecule has 0 N–H and O–H groups in total. The largest absolute Gasteiger partial charge is 0.458 e. The van der Waals surface area contributed by atoms with E-state index in [4.69, 9.17) is 9.47 Å². The molecule has 2 heterocycles. The van der Waals surface area contributed by atoms with E-state index >= 15 is 0 Å². The van der Waals surface area contributed by atoms with Crippen LogP contribution in [-0.4, -0.2) is 23.8 Å². The molecular formula is C20H28O3. The fourth-order valence-electron chi connectivity index (χ4n) is 3.82. The number of hydrogen-bond donors (Lipinski definition) is 0. The number of ether oxygens (including phenoxy) is 2. The SMILES string of the molecule is C=C1C(=O)OC2C[C@@]3(C)O[C@@H]3CC/C(C)=C/CC/C(C)=C/C[C@@H]12. The van der Waals surface area contributed by atoms with Crippen LogP contribution in [-0.2, 0) is 14.3 Å². The normalized spacial score (nSPS) is 43.2. The van der Waals surface area contributed by atoms with E-state index < -0.39 is 0 Å². The van der Waals surface area contributed by atoms with Crippen LogP contribution in [0.25, 0.3) is 0 Å². The molecule has 1 aliphatic carbocycles. The Morgan fingerprint density at radius 2 is 1.96 bits per heavy atom. The molecule has 3 aliphatic rings. The molecular weight excluding hydrogens is 288 g/mol. The van der Waals surface area contributed by atoms with Crippen molar-refractivity contribution in [1.82, 2.24) is 0 Å². The van der Waals surface area contributed by atoms with Crippen LogP contribution in [0.4, 0.5) is 0 Å². The average molecular weight is 316 g/mol. The molecule has 1 unspecified atom stereocenters. The highest BCUT2D eigenvalue weighted by atomic mass is 16.6. The van der Waals surface area contributed by atoms with Crippen molar-refractivity contribution in [3.05, 3.63) is 35.5 Å². The lowest BCUT2D eigenvalue weighted by Crippen LogP contribution is -2.25. The first-order valence-corrected chi connectivity index (χ1v) is 8.78. The smallest absolute Gasteiger partial charge is 0.334 e. The average Bonchev–Trinajstić information content (AvgIpc) is 3.05. The quantitative estimate of drug-likeness (QED) is 0.286. The number of rotatable bonds is 0. The van der Waals surface area contributed by atoms with Gasteiger partial charge in [0.05, 0.1) is 11.7 Å². The highest BCUT2D eigenvalue weighted by molar-refractivity contribution is 5.90. The Bertz CT molecular complexity index is 571. The van der Waals surface area contributed by atoms with Crippen molar-refractivity contribution in [2.45, 2.75) is 77.1 Å². The first-order chi connectivity index (χ1) is 10.9. The molecule has 0 aromatic heterocycles. The molecule has 23 heavy (non-hydrogen) atoms. The van der Waals surface area contributed by atoms with Crippen LogP contribution in [0.5, 0.6) is 0 Å². The molecule has 0 saturated carbocycles. The number of esters is 1. The van der Waals surface area contributed by atoms with Crippen molar-refractivity contribution in [2.75, 3.05) is 0 Å². The summed E-state index contributed by atoms with van der Waals surface area (Å²) in [5.74, 6) is -0.131. The van der Waals surface area contributed by atoms with E-state index in [0.29, 0.717) is 11.7 Å². The minimum atomic E-state index is -0.228. The van der Waals surface area contributed by atoms with Gasteiger partial charge in [0, 0.05) is 17.9 Å². The molecule has 3 nitrogen and oxygen atoms in total. The second-order valence-electron chi connectivity index (χ2n) is 7.61. The highest BCUT2D eigenvalue weighted by Crippen LogP contribution is 2.47. The Hall–Kier alpha value is -1.35. The maximum Gasteiger partial charge on any atom is 0.334 e. The lowest BCUT2D eigenvalue weighted by molar-refractivity contribution is -0.139. The molecule has 0 amide bonds. The van der Waals surface area contributed by atoms with Crippen LogP contribution in [0.2, 0.25) is 0 Å². The Kier molecular flexibility index (Phi) is 4.50. The zero-order valence-corrected chi connectivity index (χ0v) is 14.6. The van der Waals surface area contributed by atoms with Gasteiger partial charge in [0.15, 0.2) is 0 Å². The molecule has 2 saturated heterocycles. The third-order valence-electron chi connectivity index (χ3n) is 5.61. The number of carbonyl (C=O) groups excluding carboxylic acids is 1. The van der Waals surface area contributed by atoms with Gasteiger partial charge in [-0.1, -0.05) is 29.9 Å². The summed E-state index contributed by atoms with van der Waals surface area (Å²) in [6.07, 6.45) is 10.7. The van der Waals surface area contributed by atoms with Crippen molar-refractivity contribution in [1.29, 1.82) is 0 Å². The summed E-state index contributed by atoms with van der Waals surface area (Å²) in [6, 6.07) is 0. The first-order valence-electron chi connectivity index (χ1n) is 8.78. The molecule has 126 valence electrons. The van der Waals surface area contributed by atoms with E-state index in [1.807, 2.05) is 0 Å². The molecule has 2 aliphatic heterocycles. The molecule has 0 aromatic rings. The van der Waals surface area contributed by atoms with Crippen molar-refractivity contribution in [2.24, 2.45) is 5.92 Å². The van der Waals surface area contributed by atoms with E-state index in [9.17, 15) is 4.79 Å². The van der Waals surface area contributed by atoms with E-state index in [2.05, 4.69) is 39.5 Å². The lowest BCUT2D eigenvalue weighted by Gasteiger charge is -2.19. The van der Waals surface area contributed by atoms with E-state index in [0.717, 1.165) is 38.5 Å². The zero-order chi connectivity index (χ0) is 16.6. The fourth-order valence-corrected chi connectivity index (χ4v) is 3.82. The minimum absolute atomic E-state index is 0.0892. The molecule has 2 fully saturated rings. The van der Waals surface area contributed by atoms with Gasteiger partial charge in [-0.05, 0) is 52.9 Å². The Morgan fingerprint density at radius 1 is 1.22 bits per heavy atom. The number of fused-ring (bicyclic) bond motifs is 2. The van der Waals surface area contributed by atoms with Gasteiger partial charge in [0.2, 0.25) is 0 Å². The third kappa shape index (κ3) is 3.60. The molecule has 0 radical (unpaired) electrons. The summed E-state index contributed by atoms with van der Waals surface area (Å²) in [5.41, 5.74) is 3.31. The van der Waals surface area contributed by atoms with Crippen molar-refractivity contribution in [3.8, 4) is 0 Å². The van der Waals surface area contributed by atoms with E-state index in [1.165, 1.54) is 11.1 Å². The standard InChI is InChI=1S/C20H28O3/c1-13-6-5-7-14(2)9-11-18-20(4,23-18)12-17-16(10-8-13)15(3)19(21)22-17/h7-8,16-18H,3,5-6,9-12H2,1-2,4H3/b13-8+,14-7+/t16-,17?,18+,20+/m0/s1. The molecule has 4 atom stereocenters. The molecule has 0 bridgehead atoms. The number of carbonyl (C=O) groups is 1. The number of epoxide rings is 1. The Labute approximate surface area is 139 Å². The van der Waals surface area contributed by atoms with Crippen LogP contribution >= 0.6 is 0 Å². The van der Waals surface area contributed by atoms with Gasteiger partial charge in [-0.2, -0.15) is 0 Å². The van der Waals surface area contributed by atoms with Crippen molar-refractivity contribution < 1.29 is 14.3 Å². The zero-order valence-electron chi connectivity index (χ0n) is 14.6. The summed E-state index contributed by atoms with van der Waals surface area (Å²) in [4.78, 5) is 11.9. The molecule has 0 spiro atoms. The van der Waals surface area contributed by atoms with Crippen molar-refractivity contribution >= 4 is 5.97 Å². The van der Waals surface area contributed by atoms with Gasteiger partial charge in [0.1, 0.15) is 6.10 Å². The maximum absolute atomic E-state index is 11.9. The predicted octanol–water partition coefficient (Wildman–Crippen LogP) is 4.49. The second kappa shape index (κ2) is 6.27. The summed E-state index contributed by atoms with van der Waals surface area (Å²) < 4.78 is 11.6. The van der Waals surface area contributed by atoms with Gasteiger partial charge in [-0.15, -0.1) is 0 Å². The van der Waals surface area contributed by atoms with Crippen LogP contribution in [0, 0.1) is 5.92 Å². The summed E-state index contributed by atoms with van der Waals surface area (Å²) in [5, 5.41) is 0. The third-order valence-corrected chi connectivity index (χ3v) is 5.61. The lowest BCUT2D eigenvalue weighted by atomic mass is 9.85. The maximum atomic E-state index is 11.9. The predicted molar refractivity (Wildman–Crippen MR) is 91.0 cm³/mol. The topological polar surface area (TPSA) is 38.8 Å². The van der Waals surface area contributed by atoms with Crippen LogP contribution in [0.1, 0.15) is 59.3 Å². The second-order valence-corrected chi connectivity index (χ2v) is 7.61. The number of allylic oxidation sites excluding steroid dienone is 4. The number of hydrogen-bond acceptors (Lipinski definition) is 3. The van der Waals surface area contributed by atoms with Crippen LogP contribution < -0.4 is 0 Å². The summed E-state index contributed by atoms with van der Waals surface area (Å²) >= 11 is 0. The van der Waals surface area contributed by atoms with E-state index in [1.54, 1.807) is 0 Å². The molecule has 3 rings (SSSR count). The van der Waals surface area contributed by atoms with Gasteiger partial charge >= 0.3 is 5.97 Å². The van der Waals surface area contributed by atoms with Crippen LogP contribution in [0.3, 0.4) is 0 Å². The van der Waals surface area contributed by atoms with E-state index in [-0.39, 0.29) is 23.6 Å². The summed E-state index contributed by atoms with van der Waals surface area (Å²) in [7, 11) is 0. The molecule has 0 aromatic carbocycles. The molecule has 3 heteroatoms. The first kappa shape index (κ1) is 16.5. The minimum Gasteiger partial charge on any atom is -0.458 e. The summed E-state index contributed by atoms with van der Waals surface area (Å²) in [6.45, 7) is 10.5. The Balaban J connectivity index is 1.79. The highest BCUT2D eigenvalue weighted by Gasteiger charge is 2.55. The van der Waals surface area contributed by atoms with Gasteiger partial charge in [-0.25, -0.2) is 4.79 Å². The van der Waals surface area contributed by atoms with Gasteiger partial charge in [0.25, 0.3) is 0 Å².